The lowest BCUT2D eigenvalue weighted by Crippen LogP contribution is -2.50. The molecule has 3 atom stereocenters. The molecule has 16 heavy (non-hydrogen) atoms. The number of morpholine rings is 1. The van der Waals surface area contributed by atoms with Crippen LogP contribution >= 0.6 is 0 Å². The van der Waals surface area contributed by atoms with Gasteiger partial charge >= 0.3 is 5.97 Å². The summed E-state index contributed by atoms with van der Waals surface area (Å²) >= 11 is 0. The molecule has 0 bridgehead atoms. The van der Waals surface area contributed by atoms with Crippen molar-refractivity contribution in [2.45, 2.75) is 26.8 Å². The first kappa shape index (κ1) is 13.0. The number of nitrogens with zero attached hydrogens (tertiary/aromatic N) is 1. The molecule has 0 aromatic rings. The lowest BCUT2D eigenvalue weighted by molar-refractivity contribution is -0.152. The predicted molar refractivity (Wildman–Crippen MR) is 58.0 cm³/mol. The molecule has 1 heterocycles. The number of carboxylic acid groups (broad SMARTS) is 1. The Hall–Kier alpha value is -1.10. The van der Waals surface area contributed by atoms with Crippen molar-refractivity contribution < 1.29 is 19.4 Å². The zero-order valence-corrected chi connectivity index (χ0v) is 9.97. The molecule has 0 aromatic carbocycles. The molecule has 0 radical (unpaired) electrons. The Morgan fingerprint density at radius 3 is 2.50 bits per heavy atom. The highest BCUT2D eigenvalue weighted by atomic mass is 16.5. The van der Waals surface area contributed by atoms with Gasteiger partial charge in [-0.1, -0.05) is 13.8 Å². The van der Waals surface area contributed by atoms with Crippen LogP contribution in [-0.2, 0) is 14.3 Å². The standard InChI is InChI=1S/C11H19NO4/c1-7-6-16-5-4-12(7)10(13)8(2)9(3)11(14)15/h7-9H,4-6H2,1-3H3,(H,14,15). The molecule has 92 valence electrons. The highest BCUT2D eigenvalue weighted by Gasteiger charge is 2.32. The first-order valence-electron chi connectivity index (χ1n) is 5.56. The van der Waals surface area contributed by atoms with Crippen LogP contribution in [0.25, 0.3) is 0 Å². The number of carboxylic acids is 1. The van der Waals surface area contributed by atoms with Gasteiger partial charge < -0.3 is 14.7 Å². The van der Waals surface area contributed by atoms with E-state index in [1.54, 1.807) is 18.7 Å². The van der Waals surface area contributed by atoms with Gasteiger partial charge in [0.15, 0.2) is 0 Å². The zero-order chi connectivity index (χ0) is 12.3. The third-order valence-corrected chi connectivity index (χ3v) is 3.18. The Balaban J connectivity index is 2.65. The van der Waals surface area contributed by atoms with Crippen molar-refractivity contribution in [1.29, 1.82) is 0 Å². The fourth-order valence-corrected chi connectivity index (χ4v) is 1.74. The third-order valence-electron chi connectivity index (χ3n) is 3.18. The number of amides is 1. The van der Waals surface area contributed by atoms with Gasteiger partial charge in [0.25, 0.3) is 0 Å². The van der Waals surface area contributed by atoms with Crippen molar-refractivity contribution in [3.8, 4) is 0 Å². The average molecular weight is 229 g/mol. The lowest BCUT2D eigenvalue weighted by Gasteiger charge is -2.35. The first-order valence-corrected chi connectivity index (χ1v) is 5.56. The average Bonchev–Trinajstić information content (AvgIpc) is 2.26. The number of ether oxygens (including phenoxy) is 1. The van der Waals surface area contributed by atoms with Crippen LogP contribution in [0.3, 0.4) is 0 Å². The van der Waals surface area contributed by atoms with E-state index in [9.17, 15) is 9.59 Å². The zero-order valence-electron chi connectivity index (χ0n) is 9.97. The second-order valence-corrected chi connectivity index (χ2v) is 4.37. The Morgan fingerprint density at radius 2 is 2.00 bits per heavy atom. The summed E-state index contributed by atoms with van der Waals surface area (Å²) in [6.45, 7) is 6.76. The fourth-order valence-electron chi connectivity index (χ4n) is 1.74. The van der Waals surface area contributed by atoms with Crippen molar-refractivity contribution in [2.75, 3.05) is 19.8 Å². The minimum atomic E-state index is -0.929. The molecule has 1 aliphatic rings. The minimum Gasteiger partial charge on any atom is -0.481 e. The van der Waals surface area contributed by atoms with Crippen molar-refractivity contribution in [2.24, 2.45) is 11.8 Å². The van der Waals surface area contributed by atoms with E-state index < -0.39 is 17.8 Å². The molecule has 5 nitrogen and oxygen atoms in total. The molecular formula is C11H19NO4. The molecule has 5 heteroatoms. The van der Waals surface area contributed by atoms with Crippen LogP contribution < -0.4 is 0 Å². The third kappa shape index (κ3) is 2.72. The number of hydrogen-bond acceptors (Lipinski definition) is 3. The van der Waals surface area contributed by atoms with E-state index in [0.29, 0.717) is 19.8 Å². The molecular weight excluding hydrogens is 210 g/mol. The molecule has 0 spiro atoms. The quantitative estimate of drug-likeness (QED) is 0.769. The van der Waals surface area contributed by atoms with Crippen LogP contribution in [0.15, 0.2) is 0 Å². The van der Waals surface area contributed by atoms with E-state index in [4.69, 9.17) is 9.84 Å². The SMILES string of the molecule is CC(C(=O)O)C(C)C(=O)N1CCOCC1C. The molecule has 1 N–H and O–H groups in total. The monoisotopic (exact) mass is 229 g/mol. The second-order valence-electron chi connectivity index (χ2n) is 4.37. The number of carbonyl (C=O) groups is 2. The molecule has 1 aliphatic heterocycles. The van der Waals surface area contributed by atoms with Gasteiger partial charge in [-0.2, -0.15) is 0 Å². The highest BCUT2D eigenvalue weighted by molar-refractivity contribution is 5.84. The van der Waals surface area contributed by atoms with Crippen LogP contribution in [0.4, 0.5) is 0 Å². The van der Waals surface area contributed by atoms with E-state index in [1.165, 1.54) is 0 Å². The maximum Gasteiger partial charge on any atom is 0.307 e. The lowest BCUT2D eigenvalue weighted by atomic mass is 9.94. The Morgan fingerprint density at radius 1 is 1.38 bits per heavy atom. The predicted octanol–water partition coefficient (Wildman–Crippen LogP) is 0.591. The number of hydrogen-bond donors (Lipinski definition) is 1. The summed E-state index contributed by atoms with van der Waals surface area (Å²) in [6.07, 6.45) is 0. The summed E-state index contributed by atoms with van der Waals surface area (Å²) in [4.78, 5) is 24.6. The van der Waals surface area contributed by atoms with Crippen LogP contribution in [0, 0.1) is 11.8 Å². The van der Waals surface area contributed by atoms with Crippen LogP contribution in [0.2, 0.25) is 0 Å². The van der Waals surface area contributed by atoms with Gasteiger partial charge in [-0.3, -0.25) is 9.59 Å². The fraction of sp³-hybridized carbons (Fsp3) is 0.818. The Bertz CT molecular complexity index is 279. The first-order chi connectivity index (χ1) is 7.45. The number of carbonyl (C=O) groups excluding carboxylic acids is 1. The summed E-state index contributed by atoms with van der Waals surface area (Å²) < 4.78 is 5.24. The van der Waals surface area contributed by atoms with Gasteiger partial charge in [-0.05, 0) is 6.92 Å². The van der Waals surface area contributed by atoms with Crippen molar-refractivity contribution >= 4 is 11.9 Å². The largest absolute Gasteiger partial charge is 0.481 e. The number of rotatable bonds is 3. The summed E-state index contributed by atoms with van der Waals surface area (Å²) in [6, 6.07) is 0.0321. The smallest absolute Gasteiger partial charge is 0.307 e. The summed E-state index contributed by atoms with van der Waals surface area (Å²) in [7, 11) is 0. The normalized spacial score (nSPS) is 24.9. The van der Waals surface area contributed by atoms with E-state index in [-0.39, 0.29) is 11.9 Å². The van der Waals surface area contributed by atoms with Crippen LogP contribution in [-0.4, -0.2) is 47.7 Å². The van der Waals surface area contributed by atoms with Crippen molar-refractivity contribution in [3.05, 3.63) is 0 Å². The maximum atomic E-state index is 12.1. The van der Waals surface area contributed by atoms with Crippen LogP contribution in [0.5, 0.6) is 0 Å². The Labute approximate surface area is 95.4 Å². The topological polar surface area (TPSA) is 66.8 Å². The van der Waals surface area contributed by atoms with Crippen LogP contribution in [0.1, 0.15) is 20.8 Å². The van der Waals surface area contributed by atoms with E-state index >= 15 is 0 Å². The van der Waals surface area contributed by atoms with Crippen molar-refractivity contribution in [3.63, 3.8) is 0 Å². The van der Waals surface area contributed by atoms with E-state index in [0.717, 1.165) is 0 Å². The van der Waals surface area contributed by atoms with E-state index in [2.05, 4.69) is 0 Å². The summed E-state index contributed by atoms with van der Waals surface area (Å²) in [5.74, 6) is -2.16. The van der Waals surface area contributed by atoms with Gasteiger partial charge in [0.1, 0.15) is 0 Å². The van der Waals surface area contributed by atoms with Crippen molar-refractivity contribution in [1.82, 2.24) is 4.90 Å². The molecule has 1 saturated heterocycles. The number of aliphatic carboxylic acids is 1. The summed E-state index contributed by atoms with van der Waals surface area (Å²) in [5.41, 5.74) is 0. The van der Waals surface area contributed by atoms with Gasteiger partial charge in [0, 0.05) is 12.5 Å². The molecule has 0 aliphatic carbocycles. The molecule has 1 rings (SSSR count). The summed E-state index contributed by atoms with van der Waals surface area (Å²) in [5, 5.41) is 8.87. The molecule has 0 saturated carbocycles. The molecule has 3 unspecified atom stereocenters. The van der Waals surface area contributed by atoms with E-state index in [1.807, 2.05) is 6.92 Å². The Kier molecular flexibility index (Phi) is 4.29. The van der Waals surface area contributed by atoms with Gasteiger partial charge in [0.2, 0.25) is 5.91 Å². The second kappa shape index (κ2) is 5.30. The molecule has 0 aromatic heterocycles. The van der Waals surface area contributed by atoms with Gasteiger partial charge in [0.05, 0.1) is 25.2 Å². The maximum absolute atomic E-state index is 12.1. The molecule has 1 fully saturated rings. The van der Waals surface area contributed by atoms with Gasteiger partial charge in [-0.25, -0.2) is 0 Å². The van der Waals surface area contributed by atoms with Gasteiger partial charge in [-0.15, -0.1) is 0 Å². The minimum absolute atomic E-state index is 0.0321. The molecule has 1 amide bonds. The highest BCUT2D eigenvalue weighted by Crippen LogP contribution is 2.17.